The number of hydrogen-bond donors (Lipinski definition) is 0. The fourth-order valence-corrected chi connectivity index (χ4v) is 3.31. The number of hydrogen-bond acceptors (Lipinski definition) is 4. The predicted molar refractivity (Wildman–Crippen MR) is 120 cm³/mol. The van der Waals surface area contributed by atoms with E-state index in [0.717, 1.165) is 60.7 Å². The molecule has 0 saturated heterocycles. The van der Waals surface area contributed by atoms with Crippen molar-refractivity contribution in [3.8, 4) is 11.5 Å². The molecule has 5 heteroatoms. The number of para-hydroxylation sites is 2. The minimum atomic E-state index is 0. The molecule has 0 unspecified atom stereocenters. The largest absolute Gasteiger partial charge is 2.00 e. The van der Waals surface area contributed by atoms with Crippen molar-refractivity contribution >= 4 is 21.8 Å². The van der Waals surface area contributed by atoms with Gasteiger partial charge in [-0.05, 0) is 48.6 Å². The molecule has 0 fully saturated rings. The summed E-state index contributed by atoms with van der Waals surface area (Å²) in [6, 6.07) is 18.5. The summed E-state index contributed by atoms with van der Waals surface area (Å²) in [5.74, 6) is 0.0386. The van der Waals surface area contributed by atoms with Gasteiger partial charge < -0.3 is 10.2 Å². The van der Waals surface area contributed by atoms with Crippen LogP contribution in [0, 0.1) is 0 Å². The van der Waals surface area contributed by atoms with Crippen molar-refractivity contribution in [2.75, 3.05) is 0 Å². The Morgan fingerprint density at radius 1 is 0.613 bits per heavy atom. The minimum Gasteiger partial charge on any atom is -0.871 e. The van der Waals surface area contributed by atoms with Crippen LogP contribution < -0.4 is 10.2 Å². The van der Waals surface area contributed by atoms with Gasteiger partial charge in [-0.3, -0.25) is 9.97 Å². The Morgan fingerprint density at radius 3 is 1.42 bits per heavy atom. The molecule has 164 valence electrons. The van der Waals surface area contributed by atoms with E-state index in [1.54, 1.807) is 24.3 Å². The number of nitrogens with zero attached hydrogens (tertiary/aromatic N) is 2. The Labute approximate surface area is 194 Å². The summed E-state index contributed by atoms with van der Waals surface area (Å²) < 4.78 is 0. The molecule has 4 rings (SSSR count). The molecule has 0 aliphatic rings. The summed E-state index contributed by atoms with van der Waals surface area (Å²) in [7, 11) is 0. The number of aryl methyl sites for hydroxylation is 2. The second-order valence-corrected chi connectivity index (χ2v) is 7.47. The smallest absolute Gasteiger partial charge is 0.871 e. The van der Waals surface area contributed by atoms with Crippen molar-refractivity contribution in [1.29, 1.82) is 0 Å². The zero-order valence-electron chi connectivity index (χ0n) is 18.0. The molecule has 0 spiro atoms. The Hall–Kier alpha value is -2.65. The molecule has 2 heterocycles. The van der Waals surface area contributed by atoms with Gasteiger partial charge in [0, 0.05) is 11.4 Å². The Kier molecular flexibility index (Phi) is 9.74. The fraction of sp³-hybridized carbons (Fsp3) is 0.308. The van der Waals surface area contributed by atoms with E-state index in [0.29, 0.717) is 11.0 Å². The summed E-state index contributed by atoms with van der Waals surface area (Å²) in [4.78, 5) is 8.80. The zero-order chi connectivity index (χ0) is 21.3. The Morgan fingerprint density at radius 2 is 1.03 bits per heavy atom. The maximum atomic E-state index is 11.5. The number of rotatable bonds is 6. The van der Waals surface area contributed by atoms with Crippen molar-refractivity contribution in [2.45, 2.75) is 52.4 Å². The van der Waals surface area contributed by atoms with E-state index in [1.165, 1.54) is 0 Å². The molecule has 4 aromatic rings. The van der Waals surface area contributed by atoms with Crippen LogP contribution in [-0.4, -0.2) is 9.97 Å². The normalized spacial score (nSPS) is 10.4. The first-order chi connectivity index (χ1) is 14.6. The summed E-state index contributed by atoms with van der Waals surface area (Å²) in [6.07, 6.45) is 6.47. The number of benzene rings is 2. The number of fused-ring (bicyclic) bond motifs is 2. The number of aromatic nitrogens is 2. The first-order valence-corrected chi connectivity index (χ1v) is 10.7. The van der Waals surface area contributed by atoms with E-state index < -0.39 is 0 Å². The molecule has 2 aromatic heterocycles. The van der Waals surface area contributed by atoms with E-state index in [9.17, 15) is 10.2 Å². The van der Waals surface area contributed by atoms with Gasteiger partial charge in [0.15, 0.2) is 0 Å². The van der Waals surface area contributed by atoms with Crippen LogP contribution in [0.25, 0.3) is 21.8 Å². The van der Waals surface area contributed by atoms with Gasteiger partial charge in [0.1, 0.15) is 0 Å². The maximum Gasteiger partial charge on any atom is 2.00 e. The molecular formula is C26H28N2NiO2. The van der Waals surface area contributed by atoms with E-state index >= 15 is 0 Å². The molecule has 0 atom stereocenters. The first kappa shape index (κ1) is 24.6. The third-order valence-corrected chi connectivity index (χ3v) is 5.05. The van der Waals surface area contributed by atoms with Crippen molar-refractivity contribution in [1.82, 2.24) is 9.97 Å². The van der Waals surface area contributed by atoms with Gasteiger partial charge in [-0.15, -0.1) is 0 Å². The van der Waals surface area contributed by atoms with Crippen LogP contribution in [0.5, 0.6) is 11.5 Å². The van der Waals surface area contributed by atoms with Gasteiger partial charge in [0.05, 0.1) is 11.0 Å². The fourth-order valence-electron chi connectivity index (χ4n) is 3.31. The van der Waals surface area contributed by atoms with Crippen LogP contribution in [0.15, 0.2) is 60.7 Å². The number of unbranched alkanes of at least 4 members (excludes halogenated alkanes) is 2. The van der Waals surface area contributed by atoms with Crippen molar-refractivity contribution in [2.24, 2.45) is 0 Å². The summed E-state index contributed by atoms with van der Waals surface area (Å²) in [6.45, 7) is 4.31. The van der Waals surface area contributed by atoms with Gasteiger partial charge in [0.25, 0.3) is 0 Å². The quantitative estimate of drug-likeness (QED) is 0.367. The molecule has 0 N–H and O–H groups in total. The van der Waals surface area contributed by atoms with Crippen LogP contribution >= 0.6 is 0 Å². The molecule has 0 saturated carbocycles. The predicted octanol–water partition coefficient (Wildman–Crippen LogP) is 5.30. The van der Waals surface area contributed by atoms with Crippen LogP contribution in [0.2, 0.25) is 0 Å². The van der Waals surface area contributed by atoms with Gasteiger partial charge in [0.2, 0.25) is 0 Å². The average molecular weight is 459 g/mol. The molecule has 0 amide bonds. The third kappa shape index (κ3) is 6.67. The summed E-state index contributed by atoms with van der Waals surface area (Å²) >= 11 is 0. The summed E-state index contributed by atoms with van der Waals surface area (Å²) in [5, 5.41) is 25.0. The monoisotopic (exact) mass is 458 g/mol. The molecule has 0 bridgehead atoms. The molecular weight excluding hydrogens is 431 g/mol. The van der Waals surface area contributed by atoms with Crippen LogP contribution in [0.3, 0.4) is 0 Å². The van der Waals surface area contributed by atoms with Gasteiger partial charge in [-0.25, -0.2) is 0 Å². The second-order valence-electron chi connectivity index (χ2n) is 7.47. The minimum absolute atomic E-state index is 0. The standard InChI is InChI=1S/2C13H15NO.Ni/c2*1-2-3-6-11-9-8-10-5-4-7-12(15)13(10)14-11;/h2*4-5,7-9,15H,2-3,6H2,1H3;/q;;+2/p-2. The molecule has 0 aliphatic heterocycles. The molecule has 2 aromatic carbocycles. The van der Waals surface area contributed by atoms with Crippen LogP contribution in [0.4, 0.5) is 0 Å². The summed E-state index contributed by atoms with van der Waals surface area (Å²) in [5.41, 5.74) is 3.25. The van der Waals surface area contributed by atoms with E-state index in [4.69, 9.17) is 0 Å². The Balaban J connectivity index is 0.000000213. The molecule has 0 radical (unpaired) electrons. The van der Waals surface area contributed by atoms with Crippen LogP contribution in [-0.2, 0) is 29.3 Å². The maximum absolute atomic E-state index is 11.5. The second kappa shape index (κ2) is 12.3. The Bertz CT molecular complexity index is 1030. The average Bonchev–Trinajstić information content (AvgIpc) is 2.77. The van der Waals surface area contributed by atoms with Gasteiger partial charge in [-0.2, -0.15) is 0 Å². The van der Waals surface area contributed by atoms with Crippen molar-refractivity contribution in [3.05, 3.63) is 72.1 Å². The van der Waals surface area contributed by atoms with E-state index in [2.05, 4.69) is 23.8 Å². The van der Waals surface area contributed by atoms with Gasteiger partial charge in [-0.1, -0.05) is 86.7 Å². The third-order valence-electron chi connectivity index (χ3n) is 5.05. The SMILES string of the molecule is CCCCc1ccc2cccc([O-])c2n1.CCCCc1ccc2cccc([O-])c2n1.[Ni+2]. The van der Waals surface area contributed by atoms with Crippen molar-refractivity contribution in [3.63, 3.8) is 0 Å². The zero-order valence-corrected chi connectivity index (χ0v) is 19.0. The first-order valence-electron chi connectivity index (χ1n) is 10.7. The van der Waals surface area contributed by atoms with E-state index in [1.807, 2.05) is 36.4 Å². The molecule has 4 nitrogen and oxygen atoms in total. The topological polar surface area (TPSA) is 71.9 Å². The number of pyridine rings is 2. The van der Waals surface area contributed by atoms with Gasteiger partial charge >= 0.3 is 16.5 Å². The molecule has 31 heavy (non-hydrogen) atoms. The van der Waals surface area contributed by atoms with Crippen molar-refractivity contribution < 1.29 is 26.7 Å². The van der Waals surface area contributed by atoms with E-state index in [-0.39, 0.29) is 28.0 Å². The van der Waals surface area contributed by atoms with Crippen LogP contribution in [0.1, 0.15) is 50.9 Å². The molecule has 0 aliphatic carbocycles.